The van der Waals surface area contributed by atoms with Gasteiger partial charge in [-0.15, -0.1) is 6.58 Å². The van der Waals surface area contributed by atoms with E-state index in [0.29, 0.717) is 15.1 Å². The molecule has 88 valence electrons. The first-order valence-corrected chi connectivity index (χ1v) is 7.42. The second kappa shape index (κ2) is 4.90. The number of halogens is 2. The molecule has 0 radical (unpaired) electrons. The van der Waals surface area contributed by atoms with E-state index in [4.69, 9.17) is 11.6 Å². The third-order valence-electron chi connectivity index (χ3n) is 2.32. The van der Waals surface area contributed by atoms with Gasteiger partial charge in [-0.05, 0) is 31.0 Å². The summed E-state index contributed by atoms with van der Waals surface area (Å²) in [5.41, 5.74) is 1.43. The van der Waals surface area contributed by atoms with E-state index in [-0.39, 0.29) is 10.6 Å². The molecule has 0 N–H and O–H groups in total. The van der Waals surface area contributed by atoms with Gasteiger partial charge in [0.2, 0.25) is 0 Å². The lowest BCUT2D eigenvalue weighted by Crippen LogP contribution is -2.07. The van der Waals surface area contributed by atoms with Gasteiger partial charge in [0.1, 0.15) is 0 Å². The molecule has 1 aromatic rings. The molecule has 5 heteroatoms. The Morgan fingerprint density at radius 2 is 2.00 bits per heavy atom. The lowest BCUT2D eigenvalue weighted by atomic mass is 10.1. The van der Waals surface area contributed by atoms with Crippen LogP contribution in [0.3, 0.4) is 0 Å². The van der Waals surface area contributed by atoms with Crippen LogP contribution in [0.5, 0.6) is 0 Å². The maximum Gasteiger partial charge on any atom is 0.182 e. The van der Waals surface area contributed by atoms with Crippen LogP contribution in [0.15, 0.2) is 28.1 Å². The third kappa shape index (κ3) is 2.50. The molecule has 1 rings (SSSR count). The van der Waals surface area contributed by atoms with Crippen LogP contribution in [0.2, 0.25) is 5.02 Å². The zero-order valence-corrected chi connectivity index (χ0v) is 12.2. The molecule has 0 saturated carbocycles. The van der Waals surface area contributed by atoms with E-state index < -0.39 is 9.84 Å². The van der Waals surface area contributed by atoms with Crippen molar-refractivity contribution in [3.63, 3.8) is 0 Å². The number of sulfone groups is 1. The fraction of sp³-hybridized carbons (Fsp3) is 0.273. The molecular formula is C11H12BrClO2S. The summed E-state index contributed by atoms with van der Waals surface area (Å²) in [7, 11) is -3.34. The average molecular weight is 324 g/mol. The Bertz CT molecular complexity index is 535. The van der Waals surface area contributed by atoms with Crippen LogP contribution in [0, 0.1) is 13.8 Å². The molecule has 0 heterocycles. The van der Waals surface area contributed by atoms with Crippen LogP contribution in [0.1, 0.15) is 11.1 Å². The number of hydrogen-bond donors (Lipinski definition) is 0. The second-order valence-electron chi connectivity index (χ2n) is 3.49. The zero-order chi connectivity index (χ0) is 12.5. The summed E-state index contributed by atoms with van der Waals surface area (Å²) in [6.45, 7) is 6.98. The summed E-state index contributed by atoms with van der Waals surface area (Å²) >= 11 is 9.37. The summed E-state index contributed by atoms with van der Waals surface area (Å²) in [6, 6.07) is 1.59. The second-order valence-corrected chi connectivity index (χ2v) is 6.73. The van der Waals surface area contributed by atoms with Crippen molar-refractivity contribution < 1.29 is 8.42 Å². The van der Waals surface area contributed by atoms with Crippen molar-refractivity contribution in [3.8, 4) is 0 Å². The van der Waals surface area contributed by atoms with Crippen LogP contribution in [0.25, 0.3) is 0 Å². The SMILES string of the molecule is C=CCS(=O)(=O)c1cc(Br)c(C)c(Cl)c1C. The summed E-state index contributed by atoms with van der Waals surface area (Å²) in [5.74, 6) is -0.0837. The van der Waals surface area contributed by atoms with Crippen LogP contribution in [0.4, 0.5) is 0 Å². The Morgan fingerprint density at radius 3 is 2.50 bits per heavy atom. The molecule has 0 fully saturated rings. The van der Waals surface area contributed by atoms with Crippen molar-refractivity contribution >= 4 is 37.4 Å². The van der Waals surface area contributed by atoms with Gasteiger partial charge in [0.25, 0.3) is 0 Å². The predicted molar refractivity (Wildman–Crippen MR) is 70.9 cm³/mol. The topological polar surface area (TPSA) is 34.1 Å². The first-order valence-electron chi connectivity index (χ1n) is 4.60. The maximum absolute atomic E-state index is 11.9. The number of rotatable bonds is 3. The molecule has 0 aliphatic carbocycles. The molecule has 2 nitrogen and oxygen atoms in total. The third-order valence-corrected chi connectivity index (χ3v) is 5.48. The summed E-state index contributed by atoms with van der Waals surface area (Å²) in [5, 5.41) is 0.483. The highest BCUT2D eigenvalue weighted by atomic mass is 79.9. The Labute approximate surface area is 109 Å². The molecule has 0 aliphatic rings. The van der Waals surface area contributed by atoms with E-state index in [0.717, 1.165) is 5.56 Å². The molecule has 0 saturated heterocycles. The van der Waals surface area contributed by atoms with Gasteiger partial charge in [0, 0.05) is 9.50 Å². The van der Waals surface area contributed by atoms with Crippen molar-refractivity contribution in [3.05, 3.63) is 39.3 Å². The Hall–Kier alpha value is -0.320. The standard InChI is InChI=1S/C11H12BrClO2S/c1-4-5-16(14,15)10-6-9(12)7(2)11(13)8(10)3/h4,6H,1,5H2,2-3H3. The minimum atomic E-state index is -3.34. The highest BCUT2D eigenvalue weighted by Gasteiger charge is 2.19. The normalized spacial score (nSPS) is 11.5. The van der Waals surface area contributed by atoms with Crippen molar-refractivity contribution in [2.24, 2.45) is 0 Å². The maximum atomic E-state index is 11.9. The first-order chi connectivity index (χ1) is 7.31. The van der Waals surface area contributed by atoms with Crippen LogP contribution in [-0.4, -0.2) is 14.2 Å². The molecule has 0 bridgehead atoms. The van der Waals surface area contributed by atoms with E-state index in [9.17, 15) is 8.42 Å². The molecule has 0 spiro atoms. The van der Waals surface area contributed by atoms with Gasteiger partial charge in [0.05, 0.1) is 10.6 Å². The molecule has 0 atom stereocenters. The molecular weight excluding hydrogens is 312 g/mol. The fourth-order valence-corrected chi connectivity index (χ4v) is 3.70. The number of benzene rings is 1. The Balaban J connectivity index is 3.54. The fourth-order valence-electron chi connectivity index (χ4n) is 1.39. The van der Waals surface area contributed by atoms with E-state index >= 15 is 0 Å². The quantitative estimate of drug-likeness (QED) is 0.795. The molecule has 0 aromatic heterocycles. The lowest BCUT2D eigenvalue weighted by Gasteiger charge is -2.11. The largest absolute Gasteiger partial charge is 0.223 e. The lowest BCUT2D eigenvalue weighted by molar-refractivity contribution is 0.598. The molecule has 1 aromatic carbocycles. The van der Waals surface area contributed by atoms with E-state index in [1.807, 2.05) is 6.92 Å². The van der Waals surface area contributed by atoms with Crippen molar-refractivity contribution in [2.45, 2.75) is 18.7 Å². The highest BCUT2D eigenvalue weighted by molar-refractivity contribution is 9.10. The summed E-state index contributed by atoms with van der Waals surface area (Å²) in [4.78, 5) is 0.259. The van der Waals surface area contributed by atoms with Crippen LogP contribution >= 0.6 is 27.5 Å². The Kier molecular flexibility index (Phi) is 4.21. The van der Waals surface area contributed by atoms with Gasteiger partial charge in [-0.1, -0.05) is 33.6 Å². The van der Waals surface area contributed by atoms with Gasteiger partial charge < -0.3 is 0 Å². The molecule has 0 aliphatic heterocycles. The number of hydrogen-bond acceptors (Lipinski definition) is 2. The monoisotopic (exact) mass is 322 g/mol. The van der Waals surface area contributed by atoms with Crippen molar-refractivity contribution in [2.75, 3.05) is 5.75 Å². The van der Waals surface area contributed by atoms with Gasteiger partial charge in [-0.3, -0.25) is 0 Å². The van der Waals surface area contributed by atoms with E-state index in [1.165, 1.54) is 6.08 Å². The van der Waals surface area contributed by atoms with Crippen molar-refractivity contribution in [1.82, 2.24) is 0 Å². The van der Waals surface area contributed by atoms with E-state index in [1.54, 1.807) is 13.0 Å². The van der Waals surface area contributed by atoms with Gasteiger partial charge >= 0.3 is 0 Å². The van der Waals surface area contributed by atoms with Crippen LogP contribution < -0.4 is 0 Å². The summed E-state index contributed by atoms with van der Waals surface area (Å²) in [6.07, 6.45) is 1.37. The Morgan fingerprint density at radius 1 is 1.44 bits per heavy atom. The van der Waals surface area contributed by atoms with Gasteiger partial charge in [-0.2, -0.15) is 0 Å². The molecule has 16 heavy (non-hydrogen) atoms. The van der Waals surface area contributed by atoms with Crippen molar-refractivity contribution in [1.29, 1.82) is 0 Å². The van der Waals surface area contributed by atoms with Gasteiger partial charge in [0.15, 0.2) is 9.84 Å². The highest BCUT2D eigenvalue weighted by Crippen LogP contribution is 2.32. The zero-order valence-electron chi connectivity index (χ0n) is 9.05. The minimum absolute atomic E-state index is 0.0837. The average Bonchev–Trinajstić information content (AvgIpc) is 2.20. The van der Waals surface area contributed by atoms with Crippen LogP contribution in [-0.2, 0) is 9.84 Å². The smallest absolute Gasteiger partial charge is 0.182 e. The molecule has 0 unspecified atom stereocenters. The minimum Gasteiger partial charge on any atom is -0.223 e. The van der Waals surface area contributed by atoms with E-state index in [2.05, 4.69) is 22.5 Å². The first kappa shape index (κ1) is 13.7. The summed E-state index contributed by atoms with van der Waals surface area (Å²) < 4.78 is 24.5. The predicted octanol–water partition coefficient (Wildman–Crippen LogP) is 3.68. The molecule has 0 amide bonds. The van der Waals surface area contributed by atoms with Gasteiger partial charge in [-0.25, -0.2) is 8.42 Å².